The molecule has 2 amide bonds. The molecule has 4 rings (SSSR count). The lowest BCUT2D eigenvalue weighted by atomic mass is 9.55. The van der Waals surface area contributed by atoms with Gasteiger partial charge in [-0.25, -0.2) is 4.79 Å². The molecule has 208 valence electrons. The van der Waals surface area contributed by atoms with Crippen LogP contribution in [0.25, 0.3) is 0 Å². The van der Waals surface area contributed by atoms with Gasteiger partial charge in [0.2, 0.25) is 5.78 Å². The number of rotatable bonds is 5. The SMILES string of the molecule is C=CCOC(=O)Nc1ccc2c(c1O)C(=O)C1=C(O)C3(O)C(=O)C(C(N)=O)=C(O)C(N(C)C)C3C(O)C1C2C. The van der Waals surface area contributed by atoms with E-state index in [1.54, 1.807) is 6.92 Å². The topological polar surface area (TPSA) is 220 Å². The van der Waals surface area contributed by atoms with Crippen LogP contribution in [-0.2, 0) is 14.3 Å². The fraction of sp³-hybridized carbons (Fsp3) is 0.385. The number of amides is 2. The molecule has 0 saturated carbocycles. The lowest BCUT2D eigenvalue weighted by Gasteiger charge is -2.53. The van der Waals surface area contributed by atoms with Gasteiger partial charge in [0, 0.05) is 11.5 Å². The monoisotopic (exact) mass is 543 g/mol. The number of benzene rings is 1. The van der Waals surface area contributed by atoms with Crippen molar-refractivity contribution in [1.82, 2.24) is 4.90 Å². The summed E-state index contributed by atoms with van der Waals surface area (Å²) in [6.45, 7) is 4.90. The van der Waals surface area contributed by atoms with E-state index < -0.39 is 87.5 Å². The third-order valence-electron chi connectivity index (χ3n) is 7.70. The Morgan fingerprint density at radius 2 is 1.87 bits per heavy atom. The fourth-order valence-electron chi connectivity index (χ4n) is 6.00. The quantitative estimate of drug-likeness (QED) is 0.153. The fourth-order valence-corrected chi connectivity index (χ4v) is 6.00. The molecule has 8 N–H and O–H groups in total. The summed E-state index contributed by atoms with van der Waals surface area (Å²) in [6.07, 6.45) is -1.32. The Bertz CT molecular complexity index is 1380. The van der Waals surface area contributed by atoms with Gasteiger partial charge in [-0.2, -0.15) is 0 Å². The number of aliphatic hydroxyl groups excluding tert-OH is 3. The van der Waals surface area contributed by atoms with Gasteiger partial charge in [-0.3, -0.25) is 24.6 Å². The van der Waals surface area contributed by atoms with Crippen LogP contribution in [0.2, 0.25) is 0 Å². The summed E-state index contributed by atoms with van der Waals surface area (Å²) in [5, 5.41) is 58.7. The van der Waals surface area contributed by atoms with E-state index in [0.29, 0.717) is 0 Å². The molecular formula is C26H29N3O10. The molecule has 1 aromatic carbocycles. The Kier molecular flexibility index (Phi) is 6.79. The molecule has 6 unspecified atom stereocenters. The standard InChI is InChI=1S/C26H29N3O10/c1-5-8-39-25(37)28-11-7-6-10-9(2)12-14(19(31)13(10)18(11)30)22(34)26(38)16(20(12)32)17(29(3)4)21(33)15(23(26)35)24(27)36/h5-7,9,12,16-17,20,30,32-34,38H,1,8H2,2-4H3,(H2,27,36)(H,28,37). The molecule has 6 atom stereocenters. The van der Waals surface area contributed by atoms with Crippen LogP contribution in [0.3, 0.4) is 0 Å². The number of ether oxygens (including phenoxy) is 1. The van der Waals surface area contributed by atoms with E-state index >= 15 is 0 Å². The zero-order chi connectivity index (χ0) is 29.1. The zero-order valence-electron chi connectivity index (χ0n) is 21.3. The van der Waals surface area contributed by atoms with Gasteiger partial charge in [0.05, 0.1) is 29.3 Å². The molecule has 1 aromatic rings. The average Bonchev–Trinajstić information content (AvgIpc) is 2.85. The first-order valence-electron chi connectivity index (χ1n) is 11.9. The van der Waals surface area contributed by atoms with Gasteiger partial charge in [-0.05, 0) is 31.6 Å². The number of anilines is 1. The van der Waals surface area contributed by atoms with Gasteiger partial charge in [0.15, 0.2) is 17.1 Å². The van der Waals surface area contributed by atoms with Crippen molar-refractivity contribution in [2.75, 3.05) is 26.0 Å². The van der Waals surface area contributed by atoms with Crippen LogP contribution in [-0.4, -0.2) is 92.4 Å². The van der Waals surface area contributed by atoms with Crippen molar-refractivity contribution < 1.29 is 49.4 Å². The number of fused-ring (bicyclic) bond motifs is 3. The number of nitrogens with two attached hydrogens (primary N) is 1. The molecule has 0 radical (unpaired) electrons. The highest BCUT2D eigenvalue weighted by Gasteiger charge is 2.67. The summed E-state index contributed by atoms with van der Waals surface area (Å²) in [4.78, 5) is 52.6. The predicted octanol–water partition coefficient (Wildman–Crippen LogP) is 0.387. The number of primary amides is 1. The number of Topliss-reactive ketones (excluding diaryl/α,β-unsaturated/α-hetero) is 2. The van der Waals surface area contributed by atoms with Crippen LogP contribution >= 0.6 is 0 Å². The van der Waals surface area contributed by atoms with Crippen molar-refractivity contribution >= 4 is 29.3 Å². The number of ketones is 2. The number of phenolic OH excluding ortho intramolecular Hbond substituents is 1. The molecule has 0 saturated heterocycles. The van der Waals surface area contributed by atoms with Gasteiger partial charge in [-0.1, -0.05) is 25.6 Å². The molecule has 0 fully saturated rings. The predicted molar refractivity (Wildman–Crippen MR) is 135 cm³/mol. The highest BCUT2D eigenvalue weighted by Crippen LogP contribution is 2.56. The second-order valence-corrected chi connectivity index (χ2v) is 9.99. The molecule has 0 aromatic heterocycles. The molecular weight excluding hydrogens is 514 g/mol. The van der Waals surface area contributed by atoms with Crippen molar-refractivity contribution in [3.63, 3.8) is 0 Å². The second kappa shape index (κ2) is 9.52. The van der Waals surface area contributed by atoms with Crippen molar-refractivity contribution in [2.45, 2.75) is 30.6 Å². The number of phenols is 1. The maximum atomic E-state index is 13.8. The van der Waals surface area contributed by atoms with E-state index in [0.717, 1.165) is 0 Å². The summed E-state index contributed by atoms with van der Waals surface area (Å²) in [6, 6.07) is 1.42. The number of hydrogen-bond acceptors (Lipinski definition) is 11. The van der Waals surface area contributed by atoms with E-state index in [1.165, 1.54) is 37.2 Å². The van der Waals surface area contributed by atoms with Gasteiger partial charge in [0.25, 0.3) is 5.91 Å². The average molecular weight is 544 g/mol. The van der Waals surface area contributed by atoms with Crippen LogP contribution in [0.1, 0.15) is 28.8 Å². The number of aliphatic hydroxyl groups is 4. The summed E-state index contributed by atoms with van der Waals surface area (Å²) in [7, 11) is 2.91. The van der Waals surface area contributed by atoms with Crippen LogP contribution < -0.4 is 11.1 Å². The minimum Gasteiger partial charge on any atom is -0.510 e. The van der Waals surface area contributed by atoms with Crippen molar-refractivity contribution in [3.05, 3.63) is 58.6 Å². The van der Waals surface area contributed by atoms with Crippen molar-refractivity contribution in [1.29, 1.82) is 0 Å². The van der Waals surface area contributed by atoms with Crippen LogP contribution in [0.4, 0.5) is 10.5 Å². The van der Waals surface area contributed by atoms with E-state index in [-0.39, 0.29) is 23.4 Å². The van der Waals surface area contributed by atoms with Crippen LogP contribution in [0, 0.1) is 11.8 Å². The molecule has 0 aliphatic heterocycles. The van der Waals surface area contributed by atoms with E-state index in [9.17, 15) is 44.7 Å². The second-order valence-electron chi connectivity index (χ2n) is 9.99. The lowest BCUT2D eigenvalue weighted by molar-refractivity contribution is -0.162. The van der Waals surface area contributed by atoms with Crippen molar-refractivity contribution in [2.24, 2.45) is 17.6 Å². The Hall–Kier alpha value is -4.20. The van der Waals surface area contributed by atoms with E-state index in [2.05, 4.69) is 11.9 Å². The number of nitrogens with zero attached hydrogens (tertiary/aromatic N) is 1. The highest BCUT2D eigenvalue weighted by molar-refractivity contribution is 6.25. The number of aromatic hydroxyl groups is 1. The molecule has 13 nitrogen and oxygen atoms in total. The first-order valence-corrected chi connectivity index (χ1v) is 11.9. The zero-order valence-corrected chi connectivity index (χ0v) is 21.3. The van der Waals surface area contributed by atoms with Gasteiger partial charge in [0.1, 0.15) is 23.7 Å². The third-order valence-corrected chi connectivity index (χ3v) is 7.70. The molecule has 13 heteroatoms. The number of carbonyl (C=O) groups is 4. The molecule has 0 bridgehead atoms. The Morgan fingerprint density at radius 3 is 2.44 bits per heavy atom. The summed E-state index contributed by atoms with van der Waals surface area (Å²) in [5.74, 6) is -10.0. The van der Waals surface area contributed by atoms with E-state index in [4.69, 9.17) is 10.5 Å². The Balaban J connectivity index is 1.93. The van der Waals surface area contributed by atoms with Gasteiger partial charge >= 0.3 is 6.09 Å². The molecule has 3 aliphatic carbocycles. The van der Waals surface area contributed by atoms with E-state index in [1.807, 2.05) is 0 Å². The number of nitrogens with one attached hydrogen (secondary N) is 1. The lowest BCUT2D eigenvalue weighted by Crippen LogP contribution is -2.68. The minimum absolute atomic E-state index is 0.118. The Morgan fingerprint density at radius 1 is 1.23 bits per heavy atom. The van der Waals surface area contributed by atoms with Crippen LogP contribution in [0.5, 0.6) is 5.75 Å². The first kappa shape index (κ1) is 27.8. The Labute approximate surface area is 222 Å². The summed E-state index contributed by atoms with van der Waals surface area (Å²) >= 11 is 0. The molecule has 39 heavy (non-hydrogen) atoms. The van der Waals surface area contributed by atoms with Gasteiger partial charge < -0.3 is 36.0 Å². The molecule has 3 aliphatic rings. The number of likely N-dealkylation sites (N-methyl/N-ethyl adjacent to an activating group) is 1. The first-order chi connectivity index (χ1) is 18.2. The molecule has 0 heterocycles. The third kappa shape index (κ3) is 3.80. The normalized spacial score (nSPS) is 29.9. The number of hydrogen-bond donors (Lipinski definition) is 7. The molecule has 0 spiro atoms. The highest BCUT2D eigenvalue weighted by atomic mass is 16.5. The minimum atomic E-state index is -3.01. The van der Waals surface area contributed by atoms with Gasteiger partial charge in [-0.15, -0.1) is 0 Å². The summed E-state index contributed by atoms with van der Waals surface area (Å²) < 4.78 is 4.83. The van der Waals surface area contributed by atoms with Crippen LogP contribution in [0.15, 0.2) is 47.5 Å². The smallest absolute Gasteiger partial charge is 0.412 e. The largest absolute Gasteiger partial charge is 0.510 e. The summed E-state index contributed by atoms with van der Waals surface area (Å²) in [5.41, 5.74) is 0.489. The number of carbonyl (C=O) groups excluding carboxylic acids is 4. The van der Waals surface area contributed by atoms with Crippen molar-refractivity contribution in [3.8, 4) is 5.75 Å². The maximum absolute atomic E-state index is 13.8. The maximum Gasteiger partial charge on any atom is 0.412 e.